The third-order valence-electron chi connectivity index (χ3n) is 9.86. The largest absolute Gasteiger partial charge is 0.296 e. The van der Waals surface area contributed by atoms with Gasteiger partial charge in [0.2, 0.25) is 0 Å². The van der Waals surface area contributed by atoms with E-state index in [-0.39, 0.29) is 5.41 Å². The van der Waals surface area contributed by atoms with Crippen LogP contribution in [0.2, 0.25) is 0 Å². The Kier molecular flexibility index (Phi) is 6.44. The molecule has 1 aromatic heterocycles. The van der Waals surface area contributed by atoms with Gasteiger partial charge in [0, 0.05) is 11.8 Å². The van der Waals surface area contributed by atoms with Crippen molar-refractivity contribution in [3.63, 3.8) is 0 Å². The standard InChI is InChI=1S/C44H36N2/c1-6-37-43-28(3)45-40(7-2)46(43)39-25-23-32(27-38(39)44(37,4)5)31-22-24-35-36(26-31)42(30-18-12-9-13-19-30)34-21-15-14-20-33(34)41(35)29-16-10-8-11-17-29/h6,8-27H,1,3,7H2,2,4-5H3. The number of hydrogen-bond donors (Lipinski definition) is 0. The second-order valence-electron chi connectivity index (χ2n) is 12.8. The fourth-order valence-electron chi connectivity index (χ4n) is 7.68. The van der Waals surface area contributed by atoms with Gasteiger partial charge in [0.05, 0.1) is 16.4 Å². The van der Waals surface area contributed by atoms with E-state index in [2.05, 4.69) is 160 Å². The summed E-state index contributed by atoms with van der Waals surface area (Å²) in [5.41, 5.74) is 10.7. The van der Waals surface area contributed by atoms with Crippen molar-refractivity contribution in [1.82, 2.24) is 9.55 Å². The Labute approximate surface area is 270 Å². The molecular weight excluding hydrogens is 556 g/mol. The van der Waals surface area contributed by atoms with E-state index < -0.39 is 0 Å². The minimum atomic E-state index is -0.261. The van der Waals surface area contributed by atoms with Gasteiger partial charge in [0.25, 0.3) is 0 Å². The van der Waals surface area contributed by atoms with Gasteiger partial charge in [-0.15, -0.1) is 0 Å². The van der Waals surface area contributed by atoms with Crippen LogP contribution < -0.4 is 10.7 Å². The van der Waals surface area contributed by atoms with E-state index in [4.69, 9.17) is 4.98 Å². The molecule has 222 valence electrons. The molecule has 0 saturated heterocycles. The summed E-state index contributed by atoms with van der Waals surface area (Å²) in [7, 11) is 0. The van der Waals surface area contributed by atoms with Crippen molar-refractivity contribution in [2.45, 2.75) is 32.6 Å². The zero-order chi connectivity index (χ0) is 31.6. The Morgan fingerprint density at radius 2 is 1.20 bits per heavy atom. The van der Waals surface area contributed by atoms with Crippen LogP contribution in [0.3, 0.4) is 0 Å². The van der Waals surface area contributed by atoms with Gasteiger partial charge < -0.3 is 0 Å². The zero-order valence-electron chi connectivity index (χ0n) is 26.6. The molecule has 2 heterocycles. The first-order valence-electron chi connectivity index (χ1n) is 16.1. The van der Waals surface area contributed by atoms with Gasteiger partial charge in [-0.25, -0.2) is 4.98 Å². The molecule has 0 unspecified atom stereocenters. The highest BCUT2D eigenvalue weighted by Gasteiger charge is 2.34. The van der Waals surface area contributed by atoms with Crippen LogP contribution in [0, 0.1) is 0 Å². The molecule has 0 aliphatic carbocycles. The van der Waals surface area contributed by atoms with E-state index in [1.54, 1.807) is 0 Å². The van der Waals surface area contributed by atoms with E-state index in [9.17, 15) is 0 Å². The van der Waals surface area contributed by atoms with E-state index in [0.29, 0.717) is 0 Å². The molecule has 0 amide bonds. The number of hydrogen-bond acceptors (Lipinski definition) is 1. The van der Waals surface area contributed by atoms with Crippen LogP contribution in [0.25, 0.3) is 72.8 Å². The number of fused-ring (bicyclic) bond motifs is 5. The molecule has 0 bridgehead atoms. The van der Waals surface area contributed by atoms with Crippen molar-refractivity contribution in [3.8, 4) is 39.1 Å². The lowest BCUT2D eigenvalue weighted by Crippen LogP contribution is -2.41. The minimum absolute atomic E-state index is 0.261. The third-order valence-corrected chi connectivity index (χ3v) is 9.86. The summed E-state index contributed by atoms with van der Waals surface area (Å²) in [6, 6.07) is 44.4. The second-order valence-corrected chi connectivity index (χ2v) is 12.8. The Morgan fingerprint density at radius 3 is 1.80 bits per heavy atom. The van der Waals surface area contributed by atoms with Crippen LogP contribution in [0.1, 0.15) is 32.2 Å². The number of benzene rings is 6. The van der Waals surface area contributed by atoms with Gasteiger partial charge in [-0.2, -0.15) is 0 Å². The highest BCUT2D eigenvalue weighted by atomic mass is 15.1. The molecule has 46 heavy (non-hydrogen) atoms. The lowest BCUT2D eigenvalue weighted by molar-refractivity contribution is 0.658. The van der Waals surface area contributed by atoms with Crippen molar-refractivity contribution in [1.29, 1.82) is 0 Å². The summed E-state index contributed by atoms with van der Waals surface area (Å²) in [5, 5.41) is 6.94. The van der Waals surface area contributed by atoms with Crippen molar-refractivity contribution >= 4 is 33.7 Å². The van der Waals surface area contributed by atoms with Crippen molar-refractivity contribution in [3.05, 3.63) is 156 Å². The number of aryl methyl sites for hydroxylation is 1. The average Bonchev–Trinajstić information content (AvgIpc) is 3.43. The summed E-state index contributed by atoms with van der Waals surface area (Å²) in [6.07, 6.45) is 2.83. The lowest BCUT2D eigenvalue weighted by Gasteiger charge is -2.34. The topological polar surface area (TPSA) is 17.8 Å². The normalized spacial score (nSPS) is 13.5. The van der Waals surface area contributed by atoms with Crippen molar-refractivity contribution < 1.29 is 0 Å². The monoisotopic (exact) mass is 592 g/mol. The fourth-order valence-corrected chi connectivity index (χ4v) is 7.68. The molecule has 8 rings (SSSR count). The van der Waals surface area contributed by atoms with E-state index in [1.807, 2.05) is 6.08 Å². The van der Waals surface area contributed by atoms with Crippen LogP contribution in [0.15, 0.2) is 134 Å². The van der Waals surface area contributed by atoms with Gasteiger partial charge in [-0.1, -0.05) is 143 Å². The van der Waals surface area contributed by atoms with E-state index in [1.165, 1.54) is 66.2 Å². The molecule has 0 atom stereocenters. The summed E-state index contributed by atoms with van der Waals surface area (Å²) < 4.78 is 2.30. The minimum Gasteiger partial charge on any atom is -0.296 e. The molecule has 0 spiro atoms. The maximum atomic E-state index is 4.87. The van der Waals surface area contributed by atoms with Gasteiger partial charge in [-0.05, 0) is 84.3 Å². The molecule has 1 aliphatic heterocycles. The Balaban J connectivity index is 1.43. The van der Waals surface area contributed by atoms with E-state index >= 15 is 0 Å². The summed E-state index contributed by atoms with van der Waals surface area (Å²) >= 11 is 0. The number of rotatable bonds is 5. The Hall–Kier alpha value is -5.47. The first-order valence-corrected chi connectivity index (χ1v) is 16.1. The highest BCUT2D eigenvalue weighted by molar-refractivity contribution is 6.21. The molecule has 1 aliphatic rings. The maximum absolute atomic E-state index is 4.87. The highest BCUT2D eigenvalue weighted by Crippen LogP contribution is 2.46. The first kappa shape index (κ1) is 28.0. The second kappa shape index (κ2) is 10.6. The summed E-state index contributed by atoms with van der Waals surface area (Å²) in [6.45, 7) is 15.3. The fraction of sp³-hybridized carbons (Fsp3) is 0.114. The van der Waals surface area contributed by atoms with Gasteiger partial charge in [-0.3, -0.25) is 4.57 Å². The maximum Gasteiger partial charge on any atom is 0.114 e. The van der Waals surface area contributed by atoms with Crippen LogP contribution in [0.5, 0.6) is 0 Å². The molecule has 0 fully saturated rings. The van der Waals surface area contributed by atoms with Crippen molar-refractivity contribution in [2.75, 3.05) is 0 Å². The van der Waals surface area contributed by atoms with Gasteiger partial charge >= 0.3 is 0 Å². The van der Waals surface area contributed by atoms with Crippen LogP contribution >= 0.6 is 0 Å². The Morgan fingerprint density at radius 1 is 0.652 bits per heavy atom. The molecule has 6 aromatic carbocycles. The number of aromatic nitrogens is 2. The third kappa shape index (κ3) is 4.07. The molecular formula is C44H36N2. The van der Waals surface area contributed by atoms with Gasteiger partial charge in [0.15, 0.2) is 0 Å². The first-order chi connectivity index (χ1) is 22.4. The lowest BCUT2D eigenvalue weighted by atomic mass is 9.74. The number of nitrogens with zero attached hydrogens (tertiary/aromatic N) is 2. The Bertz CT molecular complexity index is 2440. The number of imidazole rings is 1. The van der Waals surface area contributed by atoms with Crippen LogP contribution in [0.4, 0.5) is 0 Å². The molecule has 2 heteroatoms. The van der Waals surface area contributed by atoms with Gasteiger partial charge in [0.1, 0.15) is 5.82 Å². The predicted octanol–water partition coefficient (Wildman–Crippen LogP) is 9.78. The summed E-state index contributed by atoms with van der Waals surface area (Å²) in [5.74, 6) is 1.03. The van der Waals surface area contributed by atoms with E-state index in [0.717, 1.165) is 28.5 Å². The molecule has 0 N–H and O–H groups in total. The number of allylic oxidation sites excluding steroid dienone is 1. The molecule has 0 radical (unpaired) electrons. The predicted molar refractivity (Wildman–Crippen MR) is 196 cm³/mol. The molecule has 0 saturated carbocycles. The van der Waals surface area contributed by atoms with Crippen molar-refractivity contribution in [2.24, 2.45) is 0 Å². The van der Waals surface area contributed by atoms with Crippen LogP contribution in [-0.4, -0.2) is 9.55 Å². The zero-order valence-corrected chi connectivity index (χ0v) is 26.6. The summed E-state index contributed by atoms with van der Waals surface area (Å²) in [4.78, 5) is 4.87. The average molecular weight is 593 g/mol. The quantitative estimate of drug-likeness (QED) is 0.182. The van der Waals surface area contributed by atoms with Crippen LogP contribution in [-0.2, 0) is 11.8 Å². The molecule has 2 nitrogen and oxygen atoms in total. The SMILES string of the molecule is C=CC1=c2c(=C)nc(CC)n2-c2ccc(-c3ccc4c(-c5ccccc5)c5ccccc5c(-c5ccccc5)c4c3)cc2C1(C)C. The molecule has 7 aromatic rings. The smallest absolute Gasteiger partial charge is 0.114 e.